The lowest BCUT2D eigenvalue weighted by atomic mass is 9.98. The first-order chi connectivity index (χ1) is 11.5. The molecular weight excluding hydrogens is 324 g/mol. The van der Waals surface area contributed by atoms with E-state index in [4.69, 9.17) is 4.74 Å². The Morgan fingerprint density at radius 1 is 1.29 bits per heavy atom. The lowest BCUT2D eigenvalue weighted by Gasteiger charge is -2.39. The zero-order valence-electron chi connectivity index (χ0n) is 15.5. The second-order valence-electron chi connectivity index (χ2n) is 6.86. The van der Waals surface area contributed by atoms with Crippen LogP contribution in [0.1, 0.15) is 58.7 Å². The van der Waals surface area contributed by atoms with E-state index < -0.39 is 0 Å². The van der Waals surface area contributed by atoms with Gasteiger partial charge in [0.1, 0.15) is 5.82 Å². The number of carbonyl (C=O) groups excluding carboxylic acids is 1. The summed E-state index contributed by atoms with van der Waals surface area (Å²) in [6.07, 6.45) is 3.41. The van der Waals surface area contributed by atoms with Gasteiger partial charge in [-0.05, 0) is 33.1 Å². The third kappa shape index (κ3) is 4.51. The van der Waals surface area contributed by atoms with Crippen molar-refractivity contribution < 1.29 is 9.53 Å². The van der Waals surface area contributed by atoms with E-state index in [9.17, 15) is 4.79 Å². The van der Waals surface area contributed by atoms with Crippen LogP contribution in [-0.2, 0) is 16.1 Å². The molecule has 136 valence electrons. The van der Waals surface area contributed by atoms with Crippen molar-refractivity contribution in [3.05, 3.63) is 5.82 Å². The van der Waals surface area contributed by atoms with Crippen LogP contribution < -0.4 is 0 Å². The highest BCUT2D eigenvalue weighted by Crippen LogP contribution is 2.26. The molecule has 0 radical (unpaired) electrons. The summed E-state index contributed by atoms with van der Waals surface area (Å²) in [6.45, 7) is 9.82. The van der Waals surface area contributed by atoms with Crippen molar-refractivity contribution in [1.82, 2.24) is 19.7 Å². The molecule has 1 aliphatic heterocycles. The van der Waals surface area contributed by atoms with Crippen LogP contribution in [0.15, 0.2) is 5.16 Å². The number of rotatable bonds is 7. The smallest absolute Gasteiger partial charge is 0.233 e. The molecule has 0 N–H and O–H groups in total. The normalized spacial score (nSPS) is 21.5. The molecule has 0 aromatic carbocycles. The number of nitrogens with zero attached hydrogens (tertiary/aromatic N) is 4. The van der Waals surface area contributed by atoms with Crippen molar-refractivity contribution in [3.63, 3.8) is 0 Å². The first-order valence-corrected chi connectivity index (χ1v) is 9.80. The van der Waals surface area contributed by atoms with Crippen molar-refractivity contribution in [2.24, 2.45) is 0 Å². The summed E-state index contributed by atoms with van der Waals surface area (Å²) < 4.78 is 7.27. The second kappa shape index (κ2) is 8.85. The van der Waals surface area contributed by atoms with Gasteiger partial charge in [0.15, 0.2) is 5.16 Å². The number of ether oxygens (including phenoxy) is 1. The summed E-state index contributed by atoms with van der Waals surface area (Å²) >= 11 is 1.48. The first kappa shape index (κ1) is 19.2. The van der Waals surface area contributed by atoms with Crippen LogP contribution in [0, 0.1) is 0 Å². The molecule has 1 aromatic rings. The zero-order valence-corrected chi connectivity index (χ0v) is 16.3. The summed E-state index contributed by atoms with van der Waals surface area (Å²) in [5.41, 5.74) is 0. The zero-order chi connectivity index (χ0) is 17.7. The Hall–Kier alpha value is -1.08. The van der Waals surface area contributed by atoms with Crippen molar-refractivity contribution >= 4 is 17.7 Å². The molecule has 1 amide bonds. The van der Waals surface area contributed by atoms with Gasteiger partial charge in [0.2, 0.25) is 5.91 Å². The van der Waals surface area contributed by atoms with E-state index in [2.05, 4.69) is 47.4 Å². The van der Waals surface area contributed by atoms with Crippen LogP contribution in [0.2, 0.25) is 0 Å². The maximum Gasteiger partial charge on any atom is 0.233 e. The van der Waals surface area contributed by atoms with Gasteiger partial charge in [-0.25, -0.2) is 0 Å². The molecule has 1 fully saturated rings. The largest absolute Gasteiger partial charge is 0.383 e. The molecule has 0 aliphatic carbocycles. The number of likely N-dealkylation sites (tertiary alicyclic amines) is 1. The Morgan fingerprint density at radius 2 is 1.96 bits per heavy atom. The number of methoxy groups -OCH3 is 1. The molecular formula is C17H30N4O2S. The highest BCUT2D eigenvalue weighted by atomic mass is 32.2. The van der Waals surface area contributed by atoms with Gasteiger partial charge in [-0.3, -0.25) is 4.79 Å². The molecule has 0 saturated carbocycles. The molecule has 0 bridgehead atoms. The van der Waals surface area contributed by atoms with Crippen molar-refractivity contribution in [3.8, 4) is 0 Å². The Balaban J connectivity index is 2.04. The Morgan fingerprint density at radius 3 is 2.54 bits per heavy atom. The predicted octanol–water partition coefficient (Wildman–Crippen LogP) is 2.93. The van der Waals surface area contributed by atoms with E-state index in [0.717, 1.165) is 23.8 Å². The van der Waals surface area contributed by atoms with Crippen LogP contribution >= 0.6 is 11.8 Å². The van der Waals surface area contributed by atoms with Gasteiger partial charge in [0.25, 0.3) is 0 Å². The van der Waals surface area contributed by atoms with E-state index in [1.807, 2.05) is 0 Å². The van der Waals surface area contributed by atoms with Crippen molar-refractivity contribution in [1.29, 1.82) is 0 Å². The topological polar surface area (TPSA) is 60.2 Å². The molecule has 0 spiro atoms. The summed E-state index contributed by atoms with van der Waals surface area (Å²) in [5.74, 6) is 1.85. The number of carbonyl (C=O) groups is 1. The average Bonchev–Trinajstić information content (AvgIpc) is 2.93. The van der Waals surface area contributed by atoms with Gasteiger partial charge in [-0.1, -0.05) is 25.6 Å². The summed E-state index contributed by atoms with van der Waals surface area (Å²) in [4.78, 5) is 14.7. The van der Waals surface area contributed by atoms with Crippen molar-refractivity contribution in [2.75, 3.05) is 19.5 Å². The van der Waals surface area contributed by atoms with Crippen LogP contribution in [-0.4, -0.2) is 57.1 Å². The van der Waals surface area contributed by atoms with Gasteiger partial charge in [0, 0.05) is 31.7 Å². The molecule has 1 aromatic heterocycles. The number of hydrogen-bond acceptors (Lipinski definition) is 5. The minimum atomic E-state index is 0.201. The Labute approximate surface area is 149 Å². The van der Waals surface area contributed by atoms with E-state index in [1.54, 1.807) is 7.11 Å². The maximum atomic E-state index is 12.7. The SMILES string of the molecule is COCCn1c(SCC(=O)N2C(C)CCCC2C)nnc1C(C)C. The second-order valence-corrected chi connectivity index (χ2v) is 7.80. The Kier molecular flexibility index (Phi) is 7.10. The van der Waals surface area contributed by atoms with Gasteiger partial charge in [-0.15, -0.1) is 10.2 Å². The van der Waals surface area contributed by atoms with Gasteiger partial charge < -0.3 is 14.2 Å². The molecule has 2 heterocycles. The van der Waals surface area contributed by atoms with Crippen LogP contribution in [0.25, 0.3) is 0 Å². The molecule has 2 atom stereocenters. The average molecular weight is 355 g/mol. The third-order valence-corrected chi connectivity index (χ3v) is 5.54. The molecule has 6 nitrogen and oxygen atoms in total. The highest BCUT2D eigenvalue weighted by molar-refractivity contribution is 7.99. The molecule has 1 saturated heterocycles. The van der Waals surface area contributed by atoms with E-state index in [1.165, 1.54) is 18.2 Å². The quantitative estimate of drug-likeness (QED) is 0.705. The first-order valence-electron chi connectivity index (χ1n) is 8.81. The minimum absolute atomic E-state index is 0.201. The van der Waals surface area contributed by atoms with Crippen LogP contribution in [0.3, 0.4) is 0 Å². The fourth-order valence-electron chi connectivity index (χ4n) is 3.34. The van der Waals surface area contributed by atoms with Gasteiger partial charge in [0.05, 0.1) is 12.4 Å². The fraction of sp³-hybridized carbons (Fsp3) is 0.824. The number of thioether (sulfide) groups is 1. The molecule has 24 heavy (non-hydrogen) atoms. The summed E-state index contributed by atoms with van der Waals surface area (Å²) in [5, 5.41) is 9.40. The summed E-state index contributed by atoms with van der Waals surface area (Å²) in [7, 11) is 1.69. The number of piperidine rings is 1. The van der Waals surface area contributed by atoms with Crippen LogP contribution in [0.4, 0.5) is 0 Å². The third-order valence-electron chi connectivity index (χ3n) is 4.59. The lowest BCUT2D eigenvalue weighted by Crippen LogP contribution is -2.48. The monoisotopic (exact) mass is 354 g/mol. The number of aromatic nitrogens is 3. The number of amides is 1. The standard InChI is InChI=1S/C17H30N4O2S/c1-12(2)16-18-19-17(20(16)9-10-23-5)24-11-15(22)21-13(3)7-6-8-14(21)4/h12-14H,6-11H2,1-5H3. The summed E-state index contributed by atoms with van der Waals surface area (Å²) in [6, 6.07) is 0.666. The maximum absolute atomic E-state index is 12.7. The van der Waals surface area contributed by atoms with Gasteiger partial charge >= 0.3 is 0 Å². The van der Waals surface area contributed by atoms with Crippen molar-refractivity contribution in [2.45, 2.75) is 76.7 Å². The highest BCUT2D eigenvalue weighted by Gasteiger charge is 2.29. The molecule has 2 unspecified atom stereocenters. The van der Waals surface area contributed by atoms with E-state index >= 15 is 0 Å². The van der Waals surface area contributed by atoms with E-state index in [-0.39, 0.29) is 5.91 Å². The van der Waals surface area contributed by atoms with Gasteiger partial charge in [-0.2, -0.15) is 0 Å². The predicted molar refractivity (Wildman–Crippen MR) is 96.3 cm³/mol. The Bertz CT molecular complexity index is 537. The fourth-order valence-corrected chi connectivity index (χ4v) is 4.18. The minimum Gasteiger partial charge on any atom is -0.383 e. The number of hydrogen-bond donors (Lipinski definition) is 0. The van der Waals surface area contributed by atoms with E-state index in [0.29, 0.717) is 36.9 Å². The van der Waals surface area contributed by atoms with Crippen LogP contribution in [0.5, 0.6) is 0 Å². The molecule has 1 aliphatic rings. The molecule has 7 heteroatoms. The lowest BCUT2D eigenvalue weighted by molar-refractivity contribution is -0.134. The molecule has 2 rings (SSSR count).